The zero-order chi connectivity index (χ0) is 22.3. The number of esters is 1. The van der Waals surface area contributed by atoms with Crippen molar-refractivity contribution in [3.8, 4) is 0 Å². The summed E-state index contributed by atoms with van der Waals surface area (Å²) >= 11 is 5.61. The second-order valence-corrected chi connectivity index (χ2v) is 6.07. The summed E-state index contributed by atoms with van der Waals surface area (Å²) in [6.45, 7) is -0.752. The Balaban J connectivity index is 1.98. The molecular formula is C19H13ClF4N2O4. The van der Waals surface area contributed by atoms with E-state index >= 15 is 0 Å². The minimum Gasteiger partial charge on any atom is -0.452 e. The number of rotatable bonds is 7. The molecule has 0 bridgehead atoms. The summed E-state index contributed by atoms with van der Waals surface area (Å²) in [6.07, 6.45) is -4.04. The number of allylic oxidation sites excluding steroid dienone is 1. The molecular weight excluding hydrogens is 432 g/mol. The highest BCUT2D eigenvalue weighted by molar-refractivity contribution is 6.30. The first kappa shape index (κ1) is 22.9. The van der Waals surface area contributed by atoms with Crippen molar-refractivity contribution in [3.05, 3.63) is 71.1 Å². The van der Waals surface area contributed by atoms with Crippen LogP contribution >= 0.6 is 11.6 Å². The summed E-state index contributed by atoms with van der Waals surface area (Å²) < 4.78 is 55.1. The SMILES string of the molecule is O=C(COC(=O)c1ccccc1NC=CC(=O)C(F)(F)F)Nc1ccc(Cl)cc1F. The fraction of sp³-hybridized carbons (Fsp3) is 0.105. The van der Waals surface area contributed by atoms with Gasteiger partial charge < -0.3 is 15.4 Å². The van der Waals surface area contributed by atoms with Crippen molar-refractivity contribution >= 4 is 40.6 Å². The third kappa shape index (κ3) is 6.59. The van der Waals surface area contributed by atoms with Gasteiger partial charge in [-0.1, -0.05) is 23.7 Å². The molecule has 158 valence electrons. The van der Waals surface area contributed by atoms with Gasteiger partial charge in [-0.3, -0.25) is 9.59 Å². The summed E-state index contributed by atoms with van der Waals surface area (Å²) in [5.74, 6) is -4.66. The minimum absolute atomic E-state index is 0.0397. The summed E-state index contributed by atoms with van der Waals surface area (Å²) in [5.41, 5.74) is -0.230. The first-order chi connectivity index (χ1) is 14.1. The van der Waals surface area contributed by atoms with Crippen LogP contribution in [0.3, 0.4) is 0 Å². The number of carbonyl (C=O) groups is 3. The van der Waals surface area contributed by atoms with Gasteiger partial charge in [0.05, 0.1) is 16.9 Å². The molecule has 0 aliphatic rings. The number of amides is 1. The molecule has 0 saturated heterocycles. The zero-order valence-corrected chi connectivity index (χ0v) is 15.7. The molecule has 0 spiro atoms. The smallest absolute Gasteiger partial charge is 0.452 e. The van der Waals surface area contributed by atoms with E-state index in [1.807, 2.05) is 0 Å². The van der Waals surface area contributed by atoms with Crippen molar-refractivity contribution in [3.63, 3.8) is 0 Å². The average Bonchev–Trinajstić information content (AvgIpc) is 2.68. The highest BCUT2D eigenvalue weighted by Crippen LogP contribution is 2.20. The van der Waals surface area contributed by atoms with E-state index in [4.69, 9.17) is 16.3 Å². The maximum atomic E-state index is 13.7. The third-order valence-corrected chi connectivity index (χ3v) is 3.67. The number of nitrogens with one attached hydrogen (secondary N) is 2. The Hall–Kier alpha value is -3.40. The van der Waals surface area contributed by atoms with Crippen LogP contribution in [0, 0.1) is 5.82 Å². The van der Waals surface area contributed by atoms with Gasteiger partial charge in [0.1, 0.15) is 5.82 Å². The second kappa shape index (κ2) is 9.88. The predicted molar refractivity (Wildman–Crippen MR) is 101 cm³/mol. The maximum absolute atomic E-state index is 13.7. The van der Waals surface area contributed by atoms with Crippen molar-refractivity contribution in [2.24, 2.45) is 0 Å². The summed E-state index contributed by atoms with van der Waals surface area (Å²) in [7, 11) is 0. The molecule has 0 atom stereocenters. The lowest BCUT2D eigenvalue weighted by Gasteiger charge is -2.10. The van der Waals surface area contributed by atoms with Gasteiger partial charge in [0.2, 0.25) is 0 Å². The molecule has 2 N–H and O–H groups in total. The molecule has 0 radical (unpaired) electrons. The van der Waals surface area contributed by atoms with E-state index in [1.165, 1.54) is 36.4 Å². The van der Waals surface area contributed by atoms with Gasteiger partial charge in [-0.25, -0.2) is 9.18 Å². The Morgan fingerprint density at radius 3 is 2.43 bits per heavy atom. The lowest BCUT2D eigenvalue weighted by atomic mass is 10.2. The molecule has 1 amide bonds. The first-order valence-corrected chi connectivity index (χ1v) is 8.51. The van der Waals surface area contributed by atoms with E-state index in [-0.39, 0.29) is 28.0 Å². The molecule has 6 nitrogen and oxygen atoms in total. The van der Waals surface area contributed by atoms with Gasteiger partial charge in [0.15, 0.2) is 6.61 Å². The molecule has 0 heterocycles. The van der Waals surface area contributed by atoms with Crippen molar-refractivity contribution in [2.45, 2.75) is 6.18 Å². The number of benzene rings is 2. The Kier molecular flexibility index (Phi) is 7.54. The van der Waals surface area contributed by atoms with Crippen LogP contribution in [0.15, 0.2) is 54.7 Å². The monoisotopic (exact) mass is 444 g/mol. The minimum atomic E-state index is -5.02. The van der Waals surface area contributed by atoms with E-state index in [1.54, 1.807) is 0 Å². The molecule has 0 aliphatic heterocycles. The lowest BCUT2D eigenvalue weighted by molar-refractivity contribution is -0.165. The summed E-state index contributed by atoms with van der Waals surface area (Å²) in [6, 6.07) is 9.14. The number of ether oxygens (including phenoxy) is 1. The number of hydrogen-bond acceptors (Lipinski definition) is 5. The van der Waals surface area contributed by atoms with Gasteiger partial charge in [-0.2, -0.15) is 13.2 Å². The predicted octanol–water partition coefficient (Wildman–Crippen LogP) is 4.33. The lowest BCUT2D eigenvalue weighted by Crippen LogP contribution is -2.22. The number of anilines is 2. The molecule has 2 rings (SSSR count). The van der Waals surface area contributed by atoms with Crippen molar-refractivity contribution < 1.29 is 36.7 Å². The van der Waals surface area contributed by atoms with Crippen molar-refractivity contribution in [1.29, 1.82) is 0 Å². The zero-order valence-electron chi connectivity index (χ0n) is 14.9. The quantitative estimate of drug-likeness (QED) is 0.377. The molecule has 2 aromatic rings. The molecule has 0 fully saturated rings. The molecule has 2 aromatic carbocycles. The molecule has 11 heteroatoms. The molecule has 30 heavy (non-hydrogen) atoms. The van der Waals surface area contributed by atoms with Crippen LogP contribution in [0.1, 0.15) is 10.4 Å². The van der Waals surface area contributed by atoms with Gasteiger partial charge >= 0.3 is 12.1 Å². The van der Waals surface area contributed by atoms with Crippen LogP contribution in [0.4, 0.5) is 28.9 Å². The standard InChI is InChI=1S/C19H13ClF4N2O4/c20-11-5-6-15(13(21)9-11)26-17(28)10-30-18(29)12-3-1-2-4-14(12)25-8-7-16(27)19(22,23)24/h1-9,25H,10H2,(H,26,28). The number of carbonyl (C=O) groups excluding carboxylic acids is 3. The van der Waals surface area contributed by atoms with Gasteiger partial charge in [0.25, 0.3) is 11.7 Å². The largest absolute Gasteiger partial charge is 0.454 e. The van der Waals surface area contributed by atoms with E-state index < -0.39 is 36.3 Å². The number of alkyl halides is 3. The van der Waals surface area contributed by atoms with Gasteiger partial charge in [-0.15, -0.1) is 0 Å². The highest BCUT2D eigenvalue weighted by Gasteiger charge is 2.36. The van der Waals surface area contributed by atoms with E-state index in [2.05, 4.69) is 10.6 Å². The number of para-hydroxylation sites is 1. The maximum Gasteiger partial charge on any atom is 0.454 e. The van der Waals surface area contributed by atoms with Crippen LogP contribution in [-0.2, 0) is 14.3 Å². The molecule has 0 aromatic heterocycles. The van der Waals surface area contributed by atoms with Crippen LogP contribution in [0.25, 0.3) is 0 Å². The molecule has 0 saturated carbocycles. The number of hydrogen-bond donors (Lipinski definition) is 2. The van der Waals surface area contributed by atoms with Crippen molar-refractivity contribution in [1.82, 2.24) is 0 Å². The average molecular weight is 445 g/mol. The Morgan fingerprint density at radius 1 is 1.07 bits per heavy atom. The second-order valence-electron chi connectivity index (χ2n) is 5.63. The Bertz CT molecular complexity index is 993. The Morgan fingerprint density at radius 2 is 1.77 bits per heavy atom. The highest BCUT2D eigenvalue weighted by atomic mass is 35.5. The van der Waals surface area contributed by atoms with Crippen molar-refractivity contribution in [2.75, 3.05) is 17.2 Å². The van der Waals surface area contributed by atoms with Gasteiger partial charge in [-0.05, 0) is 30.3 Å². The fourth-order valence-electron chi connectivity index (χ4n) is 2.07. The summed E-state index contributed by atoms with van der Waals surface area (Å²) in [4.78, 5) is 34.9. The van der Waals surface area contributed by atoms with Crippen LogP contribution < -0.4 is 10.6 Å². The van der Waals surface area contributed by atoms with Crippen LogP contribution in [0.5, 0.6) is 0 Å². The van der Waals surface area contributed by atoms with Gasteiger partial charge in [0, 0.05) is 17.3 Å². The van der Waals surface area contributed by atoms with E-state index in [9.17, 15) is 31.9 Å². The third-order valence-electron chi connectivity index (χ3n) is 3.44. The first-order valence-electron chi connectivity index (χ1n) is 8.13. The number of halogens is 5. The van der Waals surface area contributed by atoms with E-state index in [0.717, 1.165) is 12.3 Å². The number of ketones is 1. The Labute approximate surface area is 172 Å². The topological polar surface area (TPSA) is 84.5 Å². The molecule has 0 unspecified atom stereocenters. The fourth-order valence-corrected chi connectivity index (χ4v) is 2.23. The van der Waals surface area contributed by atoms with E-state index in [0.29, 0.717) is 0 Å². The normalized spacial score (nSPS) is 11.2. The molecule has 0 aliphatic carbocycles. The van der Waals surface area contributed by atoms with Crippen LogP contribution in [-0.4, -0.2) is 30.4 Å². The van der Waals surface area contributed by atoms with Crippen LogP contribution in [0.2, 0.25) is 5.02 Å². The summed E-state index contributed by atoms with van der Waals surface area (Å²) in [5, 5.41) is 4.70.